The summed E-state index contributed by atoms with van der Waals surface area (Å²) < 4.78 is 6.56. The monoisotopic (exact) mass is 425 g/mol. The van der Waals surface area contributed by atoms with Gasteiger partial charge in [-0.1, -0.05) is 91.0 Å². The van der Waals surface area contributed by atoms with Crippen molar-refractivity contribution in [3.63, 3.8) is 0 Å². The quantitative estimate of drug-likeness (QED) is 0.206. The second-order valence-electron chi connectivity index (χ2n) is 6.70. The molecular weight excluding hydrogens is 406 g/mol. The number of aromatic nitrogens is 1. The number of benzene rings is 3. The Morgan fingerprint density at radius 2 is 1.33 bits per heavy atom. The maximum Gasteiger partial charge on any atom is 0.380 e. The molecule has 4 rings (SSSR count). The third-order valence-electron chi connectivity index (χ3n) is 4.79. The molecule has 0 amide bonds. The molecule has 6 heteroatoms. The standard InChI is InChI=1S/C24H19N3OSSi/c1-19(24-26-20(17-25)18-29-24)27-28-30(21-11-5-2-6-12-21,22-13-7-3-8-14-22)23-15-9-4-10-16-23/h2-16,18H,1H3. The van der Waals surface area contributed by atoms with Crippen LogP contribution in [0.4, 0.5) is 0 Å². The lowest BCUT2D eigenvalue weighted by Crippen LogP contribution is -2.68. The molecule has 1 heterocycles. The van der Waals surface area contributed by atoms with Crippen LogP contribution in [-0.2, 0) is 4.53 Å². The van der Waals surface area contributed by atoms with Crippen molar-refractivity contribution < 1.29 is 4.53 Å². The molecule has 0 bridgehead atoms. The topological polar surface area (TPSA) is 58.3 Å². The zero-order valence-electron chi connectivity index (χ0n) is 16.4. The number of hydrogen-bond donors (Lipinski definition) is 0. The Balaban J connectivity index is 1.89. The summed E-state index contributed by atoms with van der Waals surface area (Å²) in [6.45, 7) is 1.86. The van der Waals surface area contributed by atoms with Gasteiger partial charge in [-0.25, -0.2) is 4.98 Å². The van der Waals surface area contributed by atoms with E-state index in [2.05, 4.69) is 52.6 Å². The van der Waals surface area contributed by atoms with Crippen molar-refractivity contribution in [1.29, 1.82) is 5.26 Å². The van der Waals surface area contributed by atoms with Crippen LogP contribution in [0.25, 0.3) is 0 Å². The molecule has 3 aromatic carbocycles. The maximum atomic E-state index is 9.07. The summed E-state index contributed by atoms with van der Waals surface area (Å²) in [5, 5.41) is 19.4. The molecule has 30 heavy (non-hydrogen) atoms. The zero-order valence-corrected chi connectivity index (χ0v) is 18.2. The highest BCUT2D eigenvalue weighted by molar-refractivity contribution is 7.12. The highest BCUT2D eigenvalue weighted by Gasteiger charge is 2.45. The van der Waals surface area contributed by atoms with Gasteiger partial charge >= 0.3 is 8.32 Å². The second-order valence-corrected chi connectivity index (χ2v) is 10.8. The van der Waals surface area contributed by atoms with E-state index in [0.29, 0.717) is 16.4 Å². The minimum atomic E-state index is -2.90. The van der Waals surface area contributed by atoms with Gasteiger partial charge < -0.3 is 4.53 Å². The fourth-order valence-corrected chi connectivity index (χ4v) is 7.61. The van der Waals surface area contributed by atoms with Gasteiger partial charge in [-0.3, -0.25) is 0 Å². The van der Waals surface area contributed by atoms with E-state index < -0.39 is 8.32 Å². The Kier molecular flexibility index (Phi) is 5.84. The van der Waals surface area contributed by atoms with Crippen LogP contribution in [0.1, 0.15) is 17.6 Å². The van der Waals surface area contributed by atoms with Gasteiger partial charge in [-0.15, -0.1) is 16.5 Å². The zero-order chi connectivity index (χ0) is 20.8. The van der Waals surface area contributed by atoms with Gasteiger partial charge in [0.1, 0.15) is 16.8 Å². The molecule has 0 saturated carbocycles. The molecule has 146 valence electrons. The number of oxime groups is 1. The first-order valence-corrected chi connectivity index (χ1v) is 12.3. The fraction of sp³-hybridized carbons (Fsp3) is 0.0417. The summed E-state index contributed by atoms with van der Waals surface area (Å²) in [7, 11) is -2.90. The van der Waals surface area contributed by atoms with E-state index in [1.54, 1.807) is 5.38 Å². The van der Waals surface area contributed by atoms with Crippen LogP contribution in [0.15, 0.2) is 102 Å². The van der Waals surface area contributed by atoms with Crippen LogP contribution in [-0.4, -0.2) is 19.0 Å². The van der Waals surface area contributed by atoms with Crippen molar-refractivity contribution >= 4 is 40.9 Å². The van der Waals surface area contributed by atoms with Gasteiger partial charge in [0.15, 0.2) is 5.69 Å². The average Bonchev–Trinajstić information content (AvgIpc) is 3.31. The normalized spacial score (nSPS) is 11.7. The Morgan fingerprint density at radius 3 is 1.73 bits per heavy atom. The lowest BCUT2D eigenvalue weighted by molar-refractivity contribution is 0.349. The van der Waals surface area contributed by atoms with E-state index in [1.807, 2.05) is 61.5 Å². The average molecular weight is 426 g/mol. The minimum Gasteiger partial charge on any atom is -0.438 e. The number of thiazole rings is 1. The predicted molar refractivity (Wildman–Crippen MR) is 124 cm³/mol. The summed E-state index contributed by atoms with van der Waals surface area (Å²) in [5.74, 6) is 0. The minimum absolute atomic E-state index is 0.391. The second kappa shape index (κ2) is 8.87. The van der Waals surface area contributed by atoms with Gasteiger partial charge in [0.05, 0.1) is 0 Å². The van der Waals surface area contributed by atoms with Crippen molar-refractivity contribution in [2.24, 2.45) is 5.16 Å². The first-order valence-electron chi connectivity index (χ1n) is 9.49. The van der Waals surface area contributed by atoms with Gasteiger partial charge in [0.2, 0.25) is 0 Å². The molecule has 0 radical (unpaired) electrons. The van der Waals surface area contributed by atoms with E-state index in [-0.39, 0.29) is 0 Å². The van der Waals surface area contributed by atoms with Crippen molar-refractivity contribution in [2.75, 3.05) is 0 Å². The lowest BCUT2D eigenvalue weighted by atomic mass is 10.3. The molecule has 0 spiro atoms. The molecule has 0 saturated heterocycles. The number of rotatable bonds is 6. The molecule has 0 aliphatic heterocycles. The molecule has 4 aromatic rings. The largest absolute Gasteiger partial charge is 0.438 e. The van der Waals surface area contributed by atoms with Crippen LogP contribution >= 0.6 is 11.3 Å². The molecular formula is C24H19N3OSSi. The van der Waals surface area contributed by atoms with Crippen LogP contribution in [0.2, 0.25) is 0 Å². The van der Waals surface area contributed by atoms with Crippen molar-refractivity contribution in [1.82, 2.24) is 4.98 Å². The molecule has 0 N–H and O–H groups in total. The van der Waals surface area contributed by atoms with Crippen LogP contribution in [0.5, 0.6) is 0 Å². The van der Waals surface area contributed by atoms with Gasteiger partial charge in [-0.2, -0.15) is 5.26 Å². The third-order valence-corrected chi connectivity index (χ3v) is 9.54. The number of nitrogens with zero attached hydrogens (tertiary/aromatic N) is 3. The van der Waals surface area contributed by atoms with E-state index in [1.165, 1.54) is 11.3 Å². The van der Waals surface area contributed by atoms with E-state index in [4.69, 9.17) is 9.79 Å². The highest BCUT2D eigenvalue weighted by Crippen LogP contribution is 2.14. The highest BCUT2D eigenvalue weighted by atomic mass is 32.1. The van der Waals surface area contributed by atoms with Crippen molar-refractivity contribution in [3.05, 3.63) is 107 Å². The predicted octanol–water partition coefficient (Wildman–Crippen LogP) is 3.42. The van der Waals surface area contributed by atoms with E-state index in [0.717, 1.165) is 15.6 Å². The smallest absolute Gasteiger partial charge is 0.380 e. The molecule has 1 aromatic heterocycles. The summed E-state index contributed by atoms with van der Waals surface area (Å²) in [6, 6.07) is 32.9. The Labute approximate surface area is 180 Å². The summed E-state index contributed by atoms with van der Waals surface area (Å²) >= 11 is 1.39. The Morgan fingerprint density at radius 1 is 0.867 bits per heavy atom. The molecule has 0 aliphatic rings. The van der Waals surface area contributed by atoms with Gasteiger partial charge in [-0.05, 0) is 22.5 Å². The number of hydrogen-bond acceptors (Lipinski definition) is 5. The first kappa shape index (κ1) is 19.8. The van der Waals surface area contributed by atoms with Crippen molar-refractivity contribution in [3.8, 4) is 6.07 Å². The lowest BCUT2D eigenvalue weighted by Gasteiger charge is -2.30. The SMILES string of the molecule is CC(=NO[Si](c1ccccc1)(c1ccccc1)c1ccccc1)c1nc(C#N)cs1. The number of nitriles is 1. The van der Waals surface area contributed by atoms with Gasteiger partial charge in [0.25, 0.3) is 0 Å². The van der Waals surface area contributed by atoms with Crippen molar-refractivity contribution in [2.45, 2.75) is 6.92 Å². The van der Waals surface area contributed by atoms with Crippen LogP contribution in [0, 0.1) is 11.3 Å². The first-order chi connectivity index (χ1) is 14.7. The summed E-state index contributed by atoms with van der Waals surface area (Å²) in [5.41, 5.74) is 1.04. The van der Waals surface area contributed by atoms with E-state index in [9.17, 15) is 0 Å². The third kappa shape index (κ3) is 3.81. The maximum absolute atomic E-state index is 9.07. The molecule has 0 atom stereocenters. The molecule has 0 fully saturated rings. The summed E-state index contributed by atoms with van der Waals surface area (Å²) in [4.78, 5) is 4.31. The van der Waals surface area contributed by atoms with Crippen LogP contribution < -0.4 is 15.6 Å². The molecule has 4 nitrogen and oxygen atoms in total. The fourth-order valence-electron chi connectivity index (χ4n) is 3.34. The van der Waals surface area contributed by atoms with Gasteiger partial charge in [0, 0.05) is 5.38 Å². The van der Waals surface area contributed by atoms with E-state index >= 15 is 0 Å². The Bertz CT molecular complexity index is 1090. The molecule has 0 unspecified atom stereocenters. The summed E-state index contributed by atoms with van der Waals surface area (Å²) in [6.07, 6.45) is 0. The Hall–Kier alpha value is -3.53. The van der Waals surface area contributed by atoms with Crippen LogP contribution in [0.3, 0.4) is 0 Å². The molecule has 0 aliphatic carbocycles.